The lowest BCUT2D eigenvalue weighted by Gasteiger charge is -2.10. The summed E-state index contributed by atoms with van der Waals surface area (Å²) in [7, 11) is 1.50. The lowest BCUT2D eigenvalue weighted by molar-refractivity contribution is -0.137. The average molecular weight is 281 g/mol. The fraction of sp³-hybridized carbons (Fsp3) is 0.143. The summed E-state index contributed by atoms with van der Waals surface area (Å²) < 4.78 is 42.7. The van der Waals surface area contributed by atoms with Crippen molar-refractivity contribution >= 4 is 6.29 Å². The number of rotatable bonds is 3. The van der Waals surface area contributed by atoms with Crippen LogP contribution in [0.2, 0.25) is 0 Å². The molecule has 0 unspecified atom stereocenters. The summed E-state index contributed by atoms with van der Waals surface area (Å²) in [6, 6.07) is 7.33. The van der Waals surface area contributed by atoms with Crippen molar-refractivity contribution in [1.82, 2.24) is 4.98 Å². The molecular weight excluding hydrogens is 271 g/mol. The molecule has 0 aliphatic carbocycles. The Kier molecular flexibility index (Phi) is 3.74. The number of aromatic nitrogens is 1. The first-order chi connectivity index (χ1) is 9.45. The summed E-state index contributed by atoms with van der Waals surface area (Å²) in [5.41, 5.74) is -0.306. The van der Waals surface area contributed by atoms with Gasteiger partial charge in [-0.2, -0.15) is 13.2 Å². The highest BCUT2D eigenvalue weighted by Gasteiger charge is 2.31. The van der Waals surface area contributed by atoms with Gasteiger partial charge in [-0.05, 0) is 30.3 Å². The number of alkyl halides is 3. The van der Waals surface area contributed by atoms with E-state index in [0.29, 0.717) is 23.8 Å². The van der Waals surface area contributed by atoms with Crippen molar-refractivity contribution in [1.29, 1.82) is 0 Å². The van der Waals surface area contributed by atoms with E-state index in [0.717, 1.165) is 6.07 Å². The van der Waals surface area contributed by atoms with Gasteiger partial charge >= 0.3 is 6.18 Å². The monoisotopic (exact) mass is 281 g/mol. The molecule has 0 amide bonds. The van der Waals surface area contributed by atoms with Crippen molar-refractivity contribution in [3.8, 4) is 17.0 Å². The van der Waals surface area contributed by atoms with Crippen LogP contribution in [0, 0.1) is 0 Å². The van der Waals surface area contributed by atoms with Crippen molar-refractivity contribution in [2.45, 2.75) is 6.18 Å². The molecule has 1 aromatic carbocycles. The number of halogens is 3. The number of ether oxygens (including phenoxy) is 1. The SMILES string of the molecule is COc1ccc(-c2ncc(C(F)(F)F)cc2C=O)cc1. The molecule has 1 heterocycles. The topological polar surface area (TPSA) is 39.2 Å². The Morgan fingerprint density at radius 2 is 1.85 bits per heavy atom. The molecule has 0 N–H and O–H groups in total. The van der Waals surface area contributed by atoms with Gasteiger partial charge in [0.15, 0.2) is 6.29 Å². The molecule has 104 valence electrons. The first kappa shape index (κ1) is 14.0. The van der Waals surface area contributed by atoms with Gasteiger partial charge in [0.05, 0.1) is 18.4 Å². The Morgan fingerprint density at radius 3 is 2.35 bits per heavy atom. The molecule has 0 aliphatic rings. The van der Waals surface area contributed by atoms with Gasteiger partial charge in [0.25, 0.3) is 0 Å². The molecule has 0 saturated heterocycles. The van der Waals surface area contributed by atoms with Gasteiger partial charge in [-0.3, -0.25) is 9.78 Å². The zero-order chi connectivity index (χ0) is 14.8. The van der Waals surface area contributed by atoms with E-state index in [4.69, 9.17) is 4.74 Å². The Morgan fingerprint density at radius 1 is 1.20 bits per heavy atom. The molecule has 0 aliphatic heterocycles. The molecule has 0 atom stereocenters. The van der Waals surface area contributed by atoms with Crippen molar-refractivity contribution in [2.24, 2.45) is 0 Å². The van der Waals surface area contributed by atoms with Gasteiger partial charge in [-0.25, -0.2) is 0 Å². The Balaban J connectivity index is 2.48. The van der Waals surface area contributed by atoms with E-state index < -0.39 is 11.7 Å². The maximum atomic E-state index is 12.6. The minimum atomic E-state index is -4.52. The zero-order valence-electron chi connectivity index (χ0n) is 10.4. The van der Waals surface area contributed by atoms with E-state index in [1.165, 1.54) is 7.11 Å². The summed E-state index contributed by atoms with van der Waals surface area (Å²) in [5, 5.41) is 0. The lowest BCUT2D eigenvalue weighted by Crippen LogP contribution is -2.07. The third-order valence-electron chi connectivity index (χ3n) is 2.73. The first-order valence-corrected chi connectivity index (χ1v) is 5.62. The maximum absolute atomic E-state index is 12.6. The van der Waals surface area contributed by atoms with Crippen LogP contribution in [-0.2, 0) is 6.18 Å². The van der Waals surface area contributed by atoms with E-state index in [1.54, 1.807) is 24.3 Å². The molecule has 3 nitrogen and oxygen atoms in total. The minimum absolute atomic E-state index is 0.106. The highest BCUT2D eigenvalue weighted by atomic mass is 19.4. The molecule has 0 fully saturated rings. The Labute approximate surface area is 113 Å². The number of methoxy groups -OCH3 is 1. The van der Waals surface area contributed by atoms with Crippen LogP contribution >= 0.6 is 0 Å². The highest BCUT2D eigenvalue weighted by Crippen LogP contribution is 2.31. The number of carbonyl (C=O) groups is 1. The average Bonchev–Trinajstić information content (AvgIpc) is 2.45. The van der Waals surface area contributed by atoms with E-state index in [9.17, 15) is 18.0 Å². The predicted octanol–water partition coefficient (Wildman–Crippen LogP) is 3.59. The summed E-state index contributed by atoms with van der Waals surface area (Å²) in [6.45, 7) is 0. The number of hydrogen-bond acceptors (Lipinski definition) is 3. The lowest BCUT2D eigenvalue weighted by atomic mass is 10.0. The number of nitrogens with zero attached hydrogens (tertiary/aromatic N) is 1. The fourth-order valence-electron chi connectivity index (χ4n) is 1.72. The summed E-state index contributed by atoms with van der Waals surface area (Å²) in [4.78, 5) is 14.7. The van der Waals surface area contributed by atoms with Crippen molar-refractivity contribution in [2.75, 3.05) is 7.11 Å². The number of hydrogen-bond donors (Lipinski definition) is 0. The molecule has 0 bridgehead atoms. The molecule has 1 aromatic heterocycles. The van der Waals surface area contributed by atoms with Crippen LogP contribution < -0.4 is 4.74 Å². The second-order valence-corrected chi connectivity index (χ2v) is 4.01. The number of benzene rings is 1. The van der Waals surface area contributed by atoms with Gasteiger partial charge in [0.2, 0.25) is 0 Å². The largest absolute Gasteiger partial charge is 0.497 e. The van der Waals surface area contributed by atoms with E-state index in [2.05, 4.69) is 4.98 Å². The first-order valence-electron chi connectivity index (χ1n) is 5.62. The van der Waals surface area contributed by atoms with Crippen LogP contribution in [0.1, 0.15) is 15.9 Å². The standard InChI is InChI=1S/C14H10F3NO2/c1-20-12-4-2-9(3-5-12)13-10(8-19)6-11(7-18-13)14(15,16)17/h2-8H,1H3. The fourth-order valence-corrected chi connectivity index (χ4v) is 1.72. The van der Waals surface area contributed by atoms with Crippen LogP contribution in [-0.4, -0.2) is 18.4 Å². The van der Waals surface area contributed by atoms with Gasteiger partial charge in [-0.1, -0.05) is 0 Å². The molecular formula is C14H10F3NO2. The van der Waals surface area contributed by atoms with Gasteiger partial charge in [0.1, 0.15) is 5.75 Å². The quantitative estimate of drug-likeness (QED) is 0.807. The third-order valence-corrected chi connectivity index (χ3v) is 2.73. The molecule has 0 saturated carbocycles. The van der Waals surface area contributed by atoms with Gasteiger partial charge in [0, 0.05) is 17.3 Å². The molecule has 20 heavy (non-hydrogen) atoms. The van der Waals surface area contributed by atoms with Crippen molar-refractivity contribution < 1.29 is 22.7 Å². The van der Waals surface area contributed by atoms with Crippen LogP contribution in [0.3, 0.4) is 0 Å². The normalized spacial score (nSPS) is 11.2. The van der Waals surface area contributed by atoms with Crippen LogP contribution in [0.15, 0.2) is 36.5 Å². The molecule has 6 heteroatoms. The second-order valence-electron chi connectivity index (χ2n) is 4.01. The highest BCUT2D eigenvalue weighted by molar-refractivity contribution is 5.86. The number of carbonyl (C=O) groups excluding carboxylic acids is 1. The van der Waals surface area contributed by atoms with Crippen molar-refractivity contribution in [3.63, 3.8) is 0 Å². The third kappa shape index (κ3) is 2.79. The molecule has 2 rings (SSSR count). The second kappa shape index (κ2) is 5.32. The summed E-state index contributed by atoms with van der Waals surface area (Å²) in [5.74, 6) is 0.605. The Bertz CT molecular complexity index is 621. The van der Waals surface area contributed by atoms with E-state index in [1.807, 2.05) is 0 Å². The van der Waals surface area contributed by atoms with Crippen LogP contribution in [0.4, 0.5) is 13.2 Å². The van der Waals surface area contributed by atoms with E-state index in [-0.39, 0.29) is 11.3 Å². The Hall–Kier alpha value is -2.37. The maximum Gasteiger partial charge on any atom is 0.417 e. The van der Waals surface area contributed by atoms with Crippen LogP contribution in [0.25, 0.3) is 11.3 Å². The number of aldehydes is 1. The predicted molar refractivity (Wildman–Crippen MR) is 66.6 cm³/mol. The molecule has 0 spiro atoms. The summed E-state index contributed by atoms with van der Waals surface area (Å²) >= 11 is 0. The van der Waals surface area contributed by atoms with Crippen LogP contribution in [0.5, 0.6) is 5.75 Å². The minimum Gasteiger partial charge on any atom is -0.497 e. The summed E-state index contributed by atoms with van der Waals surface area (Å²) in [6.07, 6.45) is -3.45. The zero-order valence-corrected chi connectivity index (χ0v) is 10.4. The van der Waals surface area contributed by atoms with Crippen molar-refractivity contribution in [3.05, 3.63) is 47.7 Å². The van der Waals surface area contributed by atoms with Gasteiger partial charge < -0.3 is 4.74 Å². The van der Waals surface area contributed by atoms with E-state index >= 15 is 0 Å². The molecule has 2 aromatic rings. The number of pyridine rings is 1. The smallest absolute Gasteiger partial charge is 0.417 e. The molecule has 0 radical (unpaired) electrons. The van der Waals surface area contributed by atoms with Gasteiger partial charge in [-0.15, -0.1) is 0 Å².